The van der Waals surface area contributed by atoms with Crippen LogP contribution in [0.5, 0.6) is 5.88 Å². The molecule has 0 saturated carbocycles. The molecule has 172 valence electrons. The van der Waals surface area contributed by atoms with Gasteiger partial charge in [-0.2, -0.15) is 14.5 Å². The fourth-order valence-corrected chi connectivity index (χ4v) is 3.70. The zero-order chi connectivity index (χ0) is 22.2. The lowest BCUT2D eigenvalue weighted by Crippen LogP contribution is -2.39. The first-order chi connectivity index (χ1) is 15.7. The van der Waals surface area contributed by atoms with Crippen molar-refractivity contribution in [2.45, 2.75) is 6.92 Å². The Morgan fingerprint density at radius 1 is 1.12 bits per heavy atom. The van der Waals surface area contributed by atoms with Crippen LogP contribution in [-0.4, -0.2) is 81.9 Å². The minimum absolute atomic E-state index is 0.0180. The number of hydrogen-bond donors (Lipinski definition) is 1. The van der Waals surface area contributed by atoms with Crippen LogP contribution in [-0.2, 0) is 9.47 Å². The first-order valence-corrected chi connectivity index (χ1v) is 11.0. The molecule has 3 heterocycles. The average Bonchev–Trinajstić information content (AvgIpc) is 2.82. The van der Waals surface area contributed by atoms with Crippen LogP contribution in [0.25, 0.3) is 0 Å². The second-order valence-electron chi connectivity index (χ2n) is 7.83. The van der Waals surface area contributed by atoms with Gasteiger partial charge in [-0.1, -0.05) is 29.8 Å². The van der Waals surface area contributed by atoms with E-state index in [1.54, 1.807) is 12.3 Å². The van der Waals surface area contributed by atoms with Crippen LogP contribution in [0.15, 0.2) is 35.4 Å². The minimum Gasteiger partial charge on any atom is -0.474 e. The number of aryl methyl sites for hydroxylation is 1. The molecule has 2 aromatic rings. The van der Waals surface area contributed by atoms with Crippen molar-refractivity contribution in [1.29, 1.82) is 0 Å². The molecule has 1 aromatic heterocycles. The maximum absolute atomic E-state index is 15.3. The third-order valence-electron chi connectivity index (χ3n) is 5.44. The number of morpholine rings is 2. The van der Waals surface area contributed by atoms with Gasteiger partial charge in [0.25, 0.3) is 5.88 Å². The van der Waals surface area contributed by atoms with Gasteiger partial charge in [0.2, 0.25) is 5.82 Å². The normalized spacial score (nSPS) is 17.6. The Morgan fingerprint density at radius 3 is 2.62 bits per heavy atom. The third kappa shape index (κ3) is 6.15. The van der Waals surface area contributed by atoms with E-state index < -0.39 is 5.82 Å². The summed E-state index contributed by atoms with van der Waals surface area (Å²) < 4.78 is 31.8. The molecule has 0 unspecified atom stereocenters. The highest BCUT2D eigenvalue weighted by Crippen LogP contribution is 2.30. The highest BCUT2D eigenvalue weighted by atomic mass is 19.1. The van der Waals surface area contributed by atoms with Gasteiger partial charge in [-0.15, -0.1) is 0 Å². The van der Waals surface area contributed by atoms with E-state index in [9.17, 15) is 0 Å². The van der Waals surface area contributed by atoms with Gasteiger partial charge >= 0.3 is 0 Å². The van der Waals surface area contributed by atoms with Crippen LogP contribution >= 0.6 is 0 Å². The molecule has 1 aromatic carbocycles. The summed E-state index contributed by atoms with van der Waals surface area (Å²) in [6.07, 6.45) is 1.71. The minimum atomic E-state index is -0.456. The first-order valence-electron chi connectivity index (χ1n) is 11.0. The second-order valence-corrected chi connectivity index (χ2v) is 7.83. The lowest BCUT2D eigenvalue weighted by Gasteiger charge is -2.30. The summed E-state index contributed by atoms with van der Waals surface area (Å²) in [5.41, 5.74) is 5.49. The number of benzene rings is 1. The van der Waals surface area contributed by atoms with Crippen LogP contribution in [0.3, 0.4) is 0 Å². The number of hydrogen-bond acceptors (Lipinski definition) is 8. The number of nitrogens with one attached hydrogen (secondary N) is 1. The molecule has 0 atom stereocenters. The highest BCUT2D eigenvalue weighted by molar-refractivity contribution is 5.80. The molecule has 2 aliphatic rings. The van der Waals surface area contributed by atoms with Crippen molar-refractivity contribution in [3.05, 3.63) is 47.3 Å². The van der Waals surface area contributed by atoms with Gasteiger partial charge < -0.3 is 19.1 Å². The molecule has 2 aliphatic heterocycles. The molecule has 1 N–H and O–H groups in total. The molecule has 0 amide bonds. The molecular weight excluding hydrogens is 413 g/mol. The van der Waals surface area contributed by atoms with E-state index in [-0.39, 0.29) is 5.88 Å². The van der Waals surface area contributed by atoms with Gasteiger partial charge in [0, 0.05) is 38.8 Å². The SMILES string of the molecule is Cc1cccc(/C=N/Nc2cc(N3CCOCC3)c(F)c(OCCN3CCOCC3)n2)c1. The van der Waals surface area contributed by atoms with Crippen molar-refractivity contribution in [3.63, 3.8) is 0 Å². The largest absolute Gasteiger partial charge is 0.474 e. The first kappa shape index (κ1) is 22.4. The van der Waals surface area contributed by atoms with Crippen LogP contribution in [0.1, 0.15) is 11.1 Å². The molecule has 0 spiro atoms. The standard InChI is InChI=1S/C23H30FN5O3/c1-18-3-2-4-19(15-18)17-25-27-21-16-20(29-8-12-31-13-9-29)22(24)23(26-21)32-14-7-28-5-10-30-11-6-28/h2-4,15-17H,5-14H2,1H3,(H,26,27)/b25-17+. The Hall–Kier alpha value is -2.75. The van der Waals surface area contributed by atoms with Crippen LogP contribution < -0.4 is 15.1 Å². The van der Waals surface area contributed by atoms with Gasteiger partial charge in [-0.05, 0) is 12.5 Å². The molecule has 0 radical (unpaired) electrons. The Bertz CT molecular complexity index is 915. The van der Waals surface area contributed by atoms with Gasteiger partial charge in [0.05, 0.1) is 38.3 Å². The number of rotatable bonds is 8. The van der Waals surface area contributed by atoms with E-state index >= 15 is 4.39 Å². The van der Waals surface area contributed by atoms with E-state index in [0.29, 0.717) is 64.2 Å². The van der Waals surface area contributed by atoms with Crippen LogP contribution in [0, 0.1) is 12.7 Å². The lowest BCUT2D eigenvalue weighted by molar-refractivity contribution is 0.0317. The van der Waals surface area contributed by atoms with Gasteiger partial charge in [-0.3, -0.25) is 10.3 Å². The number of aromatic nitrogens is 1. The predicted octanol–water partition coefficient (Wildman–Crippen LogP) is 2.52. The Balaban J connectivity index is 1.48. The molecule has 4 rings (SSSR count). The molecule has 9 heteroatoms. The predicted molar refractivity (Wildman–Crippen MR) is 122 cm³/mol. The number of ether oxygens (including phenoxy) is 3. The smallest absolute Gasteiger partial charge is 0.254 e. The summed E-state index contributed by atoms with van der Waals surface area (Å²) in [7, 11) is 0. The molecular formula is C23H30FN5O3. The number of pyridine rings is 1. The summed E-state index contributed by atoms with van der Waals surface area (Å²) >= 11 is 0. The van der Waals surface area contributed by atoms with E-state index in [1.807, 2.05) is 36.1 Å². The monoisotopic (exact) mass is 443 g/mol. The summed E-state index contributed by atoms with van der Waals surface area (Å²) in [6.45, 7) is 8.55. The molecule has 0 bridgehead atoms. The molecule has 8 nitrogen and oxygen atoms in total. The summed E-state index contributed by atoms with van der Waals surface area (Å²) in [6, 6.07) is 9.67. The van der Waals surface area contributed by atoms with Crippen molar-refractivity contribution >= 4 is 17.7 Å². The lowest BCUT2D eigenvalue weighted by atomic mass is 10.2. The Kier molecular flexibility index (Phi) is 7.87. The third-order valence-corrected chi connectivity index (χ3v) is 5.44. The average molecular weight is 444 g/mol. The fourth-order valence-electron chi connectivity index (χ4n) is 3.70. The number of halogens is 1. The van der Waals surface area contributed by atoms with Crippen molar-refractivity contribution in [2.24, 2.45) is 5.10 Å². The topological polar surface area (TPSA) is 71.5 Å². The molecule has 2 saturated heterocycles. The van der Waals surface area contributed by atoms with Crippen LogP contribution in [0.4, 0.5) is 15.9 Å². The van der Waals surface area contributed by atoms with E-state index in [1.165, 1.54) is 0 Å². The van der Waals surface area contributed by atoms with Crippen molar-refractivity contribution < 1.29 is 18.6 Å². The maximum atomic E-state index is 15.3. The second kappa shape index (κ2) is 11.2. The van der Waals surface area contributed by atoms with Gasteiger partial charge in [0.15, 0.2) is 5.82 Å². The number of nitrogens with zero attached hydrogens (tertiary/aromatic N) is 4. The van der Waals surface area contributed by atoms with Crippen molar-refractivity contribution in [1.82, 2.24) is 9.88 Å². The quantitative estimate of drug-likeness (QED) is 0.497. The molecule has 0 aliphatic carbocycles. The highest BCUT2D eigenvalue weighted by Gasteiger charge is 2.21. The molecule has 32 heavy (non-hydrogen) atoms. The number of hydrazone groups is 1. The summed E-state index contributed by atoms with van der Waals surface area (Å²) in [5, 5.41) is 4.28. The van der Waals surface area contributed by atoms with Gasteiger partial charge in [-0.25, -0.2) is 0 Å². The van der Waals surface area contributed by atoms with E-state index in [4.69, 9.17) is 14.2 Å². The van der Waals surface area contributed by atoms with Crippen molar-refractivity contribution in [3.8, 4) is 5.88 Å². The summed E-state index contributed by atoms with van der Waals surface area (Å²) in [5.74, 6) is -0.0456. The maximum Gasteiger partial charge on any atom is 0.254 e. The van der Waals surface area contributed by atoms with E-state index in [0.717, 1.165) is 24.2 Å². The van der Waals surface area contributed by atoms with Gasteiger partial charge in [0.1, 0.15) is 6.61 Å². The zero-order valence-electron chi connectivity index (χ0n) is 18.4. The zero-order valence-corrected chi connectivity index (χ0v) is 18.4. The van der Waals surface area contributed by atoms with Crippen molar-refractivity contribution in [2.75, 3.05) is 76.1 Å². The Labute approximate surface area is 188 Å². The van der Waals surface area contributed by atoms with Crippen LogP contribution in [0.2, 0.25) is 0 Å². The van der Waals surface area contributed by atoms with E-state index in [2.05, 4.69) is 20.4 Å². The summed E-state index contributed by atoms with van der Waals surface area (Å²) in [4.78, 5) is 8.52. The Morgan fingerprint density at radius 2 is 1.88 bits per heavy atom. The number of anilines is 2. The molecule has 2 fully saturated rings. The fraction of sp³-hybridized carbons (Fsp3) is 0.478.